The Morgan fingerprint density at radius 2 is 2.00 bits per heavy atom. The Hall–Kier alpha value is -1.85. The van der Waals surface area contributed by atoms with Gasteiger partial charge in [0.2, 0.25) is 0 Å². The fraction of sp³-hybridized carbons (Fsp3) is 0.550. The summed E-state index contributed by atoms with van der Waals surface area (Å²) in [5.41, 5.74) is 4.17. The maximum Gasteiger partial charge on any atom is 0.251 e. The number of benzene rings is 1. The number of carbonyl (C=O) groups is 1. The van der Waals surface area contributed by atoms with Gasteiger partial charge in [0.25, 0.3) is 5.91 Å². The minimum absolute atomic E-state index is 0.00216. The van der Waals surface area contributed by atoms with E-state index in [1.54, 1.807) is 0 Å². The molecule has 1 amide bonds. The maximum atomic E-state index is 12.8. The van der Waals surface area contributed by atoms with Gasteiger partial charge in [-0.2, -0.15) is 0 Å². The van der Waals surface area contributed by atoms with Gasteiger partial charge < -0.3 is 15.0 Å². The molecule has 3 heterocycles. The van der Waals surface area contributed by atoms with Crippen LogP contribution < -0.4 is 5.32 Å². The second kappa shape index (κ2) is 6.81. The van der Waals surface area contributed by atoms with E-state index in [1.165, 1.54) is 24.8 Å². The monoisotopic (exact) mass is 341 g/mol. The highest BCUT2D eigenvalue weighted by molar-refractivity contribution is 5.99. The molecule has 4 rings (SSSR count). The van der Waals surface area contributed by atoms with Crippen molar-refractivity contribution < 1.29 is 9.53 Å². The first-order valence-corrected chi connectivity index (χ1v) is 9.35. The van der Waals surface area contributed by atoms with Crippen molar-refractivity contribution in [2.75, 3.05) is 26.3 Å². The van der Waals surface area contributed by atoms with Crippen molar-refractivity contribution in [3.63, 3.8) is 0 Å². The maximum absolute atomic E-state index is 12.8. The van der Waals surface area contributed by atoms with E-state index < -0.39 is 0 Å². The highest BCUT2D eigenvalue weighted by atomic mass is 16.5. The third-order valence-electron chi connectivity index (χ3n) is 5.80. The number of carbonyl (C=O) groups excluding carboxylic acids is 1. The molecule has 2 atom stereocenters. The highest BCUT2D eigenvalue weighted by Crippen LogP contribution is 2.23. The standard InChI is InChI=1S/C20H27N3O2/c1-13-14(2)21-17-7-6-15(10-16(13)17)20(24)22-18-11-25-12-19(18)23-8-4-3-5-9-23/h6-7,10,18-19,21H,3-5,8-9,11-12H2,1-2H3,(H,22,24)/t18-,19-/m0/s1. The number of H-pyrrole nitrogens is 1. The van der Waals surface area contributed by atoms with Gasteiger partial charge in [0.05, 0.1) is 25.3 Å². The summed E-state index contributed by atoms with van der Waals surface area (Å²) in [7, 11) is 0. The quantitative estimate of drug-likeness (QED) is 0.902. The van der Waals surface area contributed by atoms with Gasteiger partial charge in [0.1, 0.15) is 0 Å². The molecule has 0 spiro atoms. The van der Waals surface area contributed by atoms with Crippen molar-refractivity contribution in [3.05, 3.63) is 35.0 Å². The van der Waals surface area contributed by atoms with E-state index in [4.69, 9.17) is 4.74 Å². The largest absolute Gasteiger partial charge is 0.378 e. The van der Waals surface area contributed by atoms with Crippen LogP contribution in [0.2, 0.25) is 0 Å². The lowest BCUT2D eigenvalue weighted by atomic mass is 10.0. The van der Waals surface area contributed by atoms with Crippen molar-refractivity contribution in [2.45, 2.75) is 45.2 Å². The minimum atomic E-state index is -0.00216. The van der Waals surface area contributed by atoms with E-state index in [0.29, 0.717) is 12.6 Å². The van der Waals surface area contributed by atoms with E-state index in [1.807, 2.05) is 18.2 Å². The van der Waals surface area contributed by atoms with Crippen molar-refractivity contribution in [2.24, 2.45) is 0 Å². The summed E-state index contributed by atoms with van der Waals surface area (Å²) in [5, 5.41) is 4.34. The van der Waals surface area contributed by atoms with Crippen molar-refractivity contribution in [1.29, 1.82) is 0 Å². The number of aromatic amines is 1. The van der Waals surface area contributed by atoms with E-state index in [-0.39, 0.29) is 11.9 Å². The summed E-state index contributed by atoms with van der Waals surface area (Å²) >= 11 is 0. The minimum Gasteiger partial charge on any atom is -0.378 e. The summed E-state index contributed by atoms with van der Waals surface area (Å²) < 4.78 is 5.69. The van der Waals surface area contributed by atoms with Gasteiger partial charge in [0, 0.05) is 22.2 Å². The predicted octanol–water partition coefficient (Wildman–Crippen LogP) is 2.77. The van der Waals surface area contributed by atoms with Gasteiger partial charge in [-0.05, 0) is 63.5 Å². The van der Waals surface area contributed by atoms with Crippen molar-refractivity contribution in [3.8, 4) is 0 Å². The van der Waals surface area contributed by atoms with Gasteiger partial charge in [-0.1, -0.05) is 6.42 Å². The Kier molecular flexibility index (Phi) is 4.52. The number of aromatic nitrogens is 1. The summed E-state index contributed by atoms with van der Waals surface area (Å²) in [5.74, 6) is -0.00216. The van der Waals surface area contributed by atoms with Crippen LogP contribution in [-0.4, -0.2) is 54.2 Å². The Labute approximate surface area is 148 Å². The number of hydrogen-bond acceptors (Lipinski definition) is 3. The number of nitrogens with one attached hydrogen (secondary N) is 2. The fourth-order valence-electron chi connectivity index (χ4n) is 4.14. The zero-order chi connectivity index (χ0) is 17.4. The average Bonchev–Trinajstić information content (AvgIpc) is 3.20. The molecule has 2 aliphatic heterocycles. The number of nitrogens with zero attached hydrogens (tertiary/aromatic N) is 1. The number of hydrogen-bond donors (Lipinski definition) is 2. The summed E-state index contributed by atoms with van der Waals surface area (Å²) in [6.45, 7) is 7.72. The van der Waals surface area contributed by atoms with E-state index >= 15 is 0 Å². The summed E-state index contributed by atoms with van der Waals surface area (Å²) in [6, 6.07) is 6.28. The van der Waals surface area contributed by atoms with Crippen LogP contribution in [0.1, 0.15) is 40.9 Å². The first kappa shape index (κ1) is 16.6. The number of rotatable bonds is 3. The molecule has 5 nitrogen and oxygen atoms in total. The van der Waals surface area contributed by atoms with Crippen LogP contribution in [0, 0.1) is 13.8 Å². The normalized spacial score (nSPS) is 24.7. The number of ether oxygens (including phenoxy) is 1. The Balaban J connectivity index is 1.50. The Morgan fingerprint density at radius 1 is 1.20 bits per heavy atom. The SMILES string of the molecule is Cc1[nH]c2ccc(C(=O)N[C@H]3COC[C@@H]3N3CCCCC3)cc2c1C. The summed E-state index contributed by atoms with van der Waals surface area (Å²) in [6.07, 6.45) is 3.82. The molecule has 0 aliphatic carbocycles. The second-order valence-electron chi connectivity index (χ2n) is 7.42. The van der Waals surface area contributed by atoms with Crippen LogP contribution in [0.25, 0.3) is 10.9 Å². The molecular weight excluding hydrogens is 314 g/mol. The molecular formula is C20H27N3O2. The molecule has 1 aromatic carbocycles. The third-order valence-corrected chi connectivity index (χ3v) is 5.80. The zero-order valence-electron chi connectivity index (χ0n) is 15.1. The molecule has 0 unspecified atom stereocenters. The Bertz CT molecular complexity index is 777. The first-order chi connectivity index (χ1) is 12.1. The number of fused-ring (bicyclic) bond motifs is 1. The molecule has 1 aromatic heterocycles. The Morgan fingerprint density at radius 3 is 2.80 bits per heavy atom. The lowest BCUT2D eigenvalue weighted by molar-refractivity contribution is 0.0900. The van der Waals surface area contributed by atoms with Crippen LogP contribution in [0.15, 0.2) is 18.2 Å². The van der Waals surface area contributed by atoms with E-state index in [0.717, 1.165) is 41.9 Å². The van der Waals surface area contributed by atoms with Crippen LogP contribution in [0.3, 0.4) is 0 Å². The van der Waals surface area contributed by atoms with Gasteiger partial charge in [-0.25, -0.2) is 0 Å². The van der Waals surface area contributed by atoms with Gasteiger partial charge in [-0.15, -0.1) is 0 Å². The number of likely N-dealkylation sites (tertiary alicyclic amines) is 1. The van der Waals surface area contributed by atoms with Gasteiger partial charge >= 0.3 is 0 Å². The molecule has 5 heteroatoms. The number of amides is 1. The lowest BCUT2D eigenvalue weighted by Crippen LogP contribution is -2.52. The third kappa shape index (κ3) is 3.18. The molecule has 0 bridgehead atoms. The molecule has 2 aromatic rings. The van der Waals surface area contributed by atoms with Crippen LogP contribution >= 0.6 is 0 Å². The van der Waals surface area contributed by atoms with Crippen molar-refractivity contribution in [1.82, 2.24) is 15.2 Å². The van der Waals surface area contributed by atoms with Crippen LogP contribution in [0.4, 0.5) is 0 Å². The molecule has 2 aliphatic rings. The molecule has 2 N–H and O–H groups in total. The van der Waals surface area contributed by atoms with E-state index in [2.05, 4.69) is 29.0 Å². The molecule has 25 heavy (non-hydrogen) atoms. The van der Waals surface area contributed by atoms with Gasteiger partial charge in [-0.3, -0.25) is 9.69 Å². The topological polar surface area (TPSA) is 57.4 Å². The number of piperidine rings is 1. The lowest BCUT2D eigenvalue weighted by Gasteiger charge is -2.34. The number of aryl methyl sites for hydroxylation is 2. The second-order valence-corrected chi connectivity index (χ2v) is 7.42. The molecule has 0 radical (unpaired) electrons. The van der Waals surface area contributed by atoms with Crippen LogP contribution in [0.5, 0.6) is 0 Å². The van der Waals surface area contributed by atoms with Gasteiger partial charge in [0.15, 0.2) is 0 Å². The molecule has 0 saturated carbocycles. The fourth-order valence-corrected chi connectivity index (χ4v) is 4.14. The first-order valence-electron chi connectivity index (χ1n) is 9.35. The smallest absolute Gasteiger partial charge is 0.251 e. The summed E-state index contributed by atoms with van der Waals surface area (Å²) in [4.78, 5) is 18.6. The van der Waals surface area contributed by atoms with E-state index in [9.17, 15) is 4.79 Å². The average molecular weight is 341 g/mol. The molecule has 2 saturated heterocycles. The molecule has 134 valence electrons. The van der Waals surface area contributed by atoms with Crippen molar-refractivity contribution >= 4 is 16.8 Å². The molecule has 2 fully saturated rings. The van der Waals surface area contributed by atoms with Crippen LogP contribution in [-0.2, 0) is 4.74 Å². The predicted molar refractivity (Wildman–Crippen MR) is 99.1 cm³/mol. The highest BCUT2D eigenvalue weighted by Gasteiger charge is 2.34. The zero-order valence-corrected chi connectivity index (χ0v) is 15.1.